The van der Waals surface area contributed by atoms with Crippen LogP contribution in [0.5, 0.6) is 0 Å². The maximum atomic E-state index is 13.5. The molecular formula is C24H25FN4O2. The normalized spacial score (nSPS) is 16.3. The molecule has 0 saturated carbocycles. The van der Waals surface area contributed by atoms with E-state index in [4.69, 9.17) is 0 Å². The Morgan fingerprint density at radius 1 is 1.19 bits per heavy atom. The summed E-state index contributed by atoms with van der Waals surface area (Å²) < 4.78 is 13.5. The minimum Gasteiger partial charge on any atom is -0.338 e. The first kappa shape index (κ1) is 20.9. The van der Waals surface area contributed by atoms with Crippen molar-refractivity contribution in [2.45, 2.75) is 32.6 Å². The number of nitrogens with one attached hydrogen (secondary N) is 1. The number of carbonyl (C=O) groups excluding carboxylic acids is 2. The number of carbonyl (C=O) groups is 2. The van der Waals surface area contributed by atoms with Gasteiger partial charge in [-0.25, -0.2) is 14.4 Å². The highest BCUT2D eigenvalue weighted by Crippen LogP contribution is 2.23. The summed E-state index contributed by atoms with van der Waals surface area (Å²) >= 11 is 0. The number of rotatable bonds is 5. The van der Waals surface area contributed by atoms with E-state index >= 15 is 0 Å². The monoisotopic (exact) mass is 420 g/mol. The summed E-state index contributed by atoms with van der Waals surface area (Å²) in [5.74, 6) is 0.545. The molecule has 0 radical (unpaired) electrons. The number of hydrogen-bond acceptors (Lipinski definition) is 4. The van der Waals surface area contributed by atoms with E-state index in [1.54, 1.807) is 43.5 Å². The predicted octanol–water partition coefficient (Wildman–Crippen LogP) is 4.21. The van der Waals surface area contributed by atoms with Gasteiger partial charge in [-0.05, 0) is 55.2 Å². The highest BCUT2D eigenvalue weighted by molar-refractivity contribution is 5.95. The smallest absolute Gasteiger partial charge is 0.253 e. The lowest BCUT2D eigenvalue weighted by molar-refractivity contribution is -0.115. The molecule has 0 spiro atoms. The number of amides is 2. The van der Waals surface area contributed by atoms with Crippen LogP contribution in [-0.2, 0) is 11.2 Å². The molecule has 2 heterocycles. The summed E-state index contributed by atoms with van der Waals surface area (Å²) in [5, 5.41) is 3.60. The number of fused-ring (bicyclic) bond motifs is 1. The first-order valence-corrected chi connectivity index (χ1v) is 10.6. The van der Waals surface area contributed by atoms with Gasteiger partial charge in [0, 0.05) is 54.8 Å². The van der Waals surface area contributed by atoms with Crippen molar-refractivity contribution in [3.63, 3.8) is 0 Å². The topological polar surface area (TPSA) is 75.2 Å². The van der Waals surface area contributed by atoms with Gasteiger partial charge in [0.15, 0.2) is 0 Å². The number of nitrogens with zero attached hydrogens (tertiary/aromatic N) is 3. The van der Waals surface area contributed by atoms with Crippen molar-refractivity contribution < 1.29 is 14.0 Å². The maximum Gasteiger partial charge on any atom is 0.253 e. The minimum absolute atomic E-state index is 0.0143. The fraction of sp³-hybridized carbons (Fsp3) is 0.333. The van der Waals surface area contributed by atoms with Crippen molar-refractivity contribution in [1.82, 2.24) is 14.9 Å². The molecule has 1 fully saturated rings. The maximum absolute atomic E-state index is 13.5. The number of likely N-dealkylation sites (tertiary alicyclic amines) is 1. The molecule has 4 rings (SSSR count). The molecule has 6 nitrogen and oxygen atoms in total. The quantitative estimate of drug-likeness (QED) is 0.671. The summed E-state index contributed by atoms with van der Waals surface area (Å²) in [7, 11) is 0. The van der Waals surface area contributed by atoms with E-state index in [1.807, 2.05) is 4.90 Å². The van der Waals surface area contributed by atoms with Gasteiger partial charge in [0.1, 0.15) is 11.6 Å². The average molecular weight is 420 g/mol. The molecule has 1 aliphatic heterocycles. The zero-order valence-corrected chi connectivity index (χ0v) is 17.5. The predicted molar refractivity (Wildman–Crippen MR) is 117 cm³/mol. The van der Waals surface area contributed by atoms with Crippen LogP contribution >= 0.6 is 0 Å². The molecule has 2 amide bonds. The zero-order chi connectivity index (χ0) is 21.8. The second kappa shape index (κ2) is 9.20. The molecule has 1 aliphatic rings. The van der Waals surface area contributed by atoms with Crippen molar-refractivity contribution in [2.24, 2.45) is 5.92 Å². The van der Waals surface area contributed by atoms with Gasteiger partial charge in [0.25, 0.3) is 5.91 Å². The van der Waals surface area contributed by atoms with E-state index in [-0.39, 0.29) is 23.5 Å². The van der Waals surface area contributed by atoms with Gasteiger partial charge in [-0.15, -0.1) is 0 Å². The van der Waals surface area contributed by atoms with Gasteiger partial charge in [-0.2, -0.15) is 0 Å². The summed E-state index contributed by atoms with van der Waals surface area (Å²) in [4.78, 5) is 35.3. The number of anilines is 1. The molecule has 0 aliphatic carbocycles. The van der Waals surface area contributed by atoms with Gasteiger partial charge in [-0.3, -0.25) is 9.59 Å². The van der Waals surface area contributed by atoms with E-state index < -0.39 is 0 Å². The molecule has 0 bridgehead atoms. The Labute approximate surface area is 180 Å². The zero-order valence-electron chi connectivity index (χ0n) is 17.5. The van der Waals surface area contributed by atoms with Crippen LogP contribution < -0.4 is 5.32 Å². The first-order chi connectivity index (χ1) is 15.0. The molecule has 1 aromatic heterocycles. The summed E-state index contributed by atoms with van der Waals surface area (Å²) in [6.07, 6.45) is 4.70. The van der Waals surface area contributed by atoms with Crippen molar-refractivity contribution in [3.05, 3.63) is 65.9 Å². The third-order valence-electron chi connectivity index (χ3n) is 5.61. The van der Waals surface area contributed by atoms with Gasteiger partial charge in [-0.1, -0.05) is 6.92 Å². The van der Waals surface area contributed by atoms with Gasteiger partial charge >= 0.3 is 0 Å². The third kappa shape index (κ3) is 5.05. The minimum atomic E-state index is -0.313. The van der Waals surface area contributed by atoms with E-state index in [0.29, 0.717) is 48.5 Å². The molecular weight excluding hydrogens is 395 g/mol. The van der Waals surface area contributed by atoms with Crippen LogP contribution in [0.1, 0.15) is 42.4 Å². The average Bonchev–Trinajstić information content (AvgIpc) is 2.79. The van der Waals surface area contributed by atoms with Crippen LogP contribution in [0.4, 0.5) is 10.1 Å². The SMILES string of the molecule is CCC(=O)Nc1ccc(C(=O)N2CCC[C@@H](Cc3ncc4ccc(F)cc4n3)C2)cc1. The van der Waals surface area contributed by atoms with E-state index in [0.717, 1.165) is 18.2 Å². The first-order valence-electron chi connectivity index (χ1n) is 10.6. The number of halogens is 1. The lowest BCUT2D eigenvalue weighted by atomic mass is 9.94. The second-order valence-corrected chi connectivity index (χ2v) is 7.93. The number of aromatic nitrogens is 2. The highest BCUT2D eigenvalue weighted by Gasteiger charge is 2.25. The van der Waals surface area contributed by atoms with Crippen LogP contribution in [-0.4, -0.2) is 39.8 Å². The van der Waals surface area contributed by atoms with Crippen LogP contribution in [0.15, 0.2) is 48.7 Å². The molecule has 1 saturated heterocycles. The van der Waals surface area contributed by atoms with E-state index in [1.165, 1.54) is 12.1 Å². The van der Waals surface area contributed by atoms with E-state index in [9.17, 15) is 14.0 Å². The number of hydrogen-bond donors (Lipinski definition) is 1. The van der Waals surface area contributed by atoms with Crippen molar-refractivity contribution in [3.8, 4) is 0 Å². The lowest BCUT2D eigenvalue weighted by Crippen LogP contribution is -2.40. The fourth-order valence-corrected chi connectivity index (χ4v) is 3.94. The Bertz CT molecular complexity index is 1100. The molecule has 31 heavy (non-hydrogen) atoms. The van der Waals surface area contributed by atoms with Crippen LogP contribution in [0.3, 0.4) is 0 Å². The van der Waals surface area contributed by atoms with Crippen LogP contribution in [0.2, 0.25) is 0 Å². The highest BCUT2D eigenvalue weighted by atomic mass is 19.1. The molecule has 0 unspecified atom stereocenters. The van der Waals surface area contributed by atoms with Crippen LogP contribution in [0, 0.1) is 11.7 Å². The Balaban J connectivity index is 1.41. The van der Waals surface area contributed by atoms with Gasteiger partial charge < -0.3 is 10.2 Å². The number of benzene rings is 2. The molecule has 2 aromatic carbocycles. The van der Waals surface area contributed by atoms with E-state index in [2.05, 4.69) is 15.3 Å². The van der Waals surface area contributed by atoms with Gasteiger partial charge in [0.2, 0.25) is 5.91 Å². The van der Waals surface area contributed by atoms with Crippen molar-refractivity contribution in [1.29, 1.82) is 0 Å². The number of piperidine rings is 1. The van der Waals surface area contributed by atoms with Gasteiger partial charge in [0.05, 0.1) is 5.52 Å². The molecule has 3 aromatic rings. The molecule has 1 atom stereocenters. The summed E-state index contributed by atoms with van der Waals surface area (Å²) in [6.45, 7) is 3.15. The third-order valence-corrected chi connectivity index (χ3v) is 5.61. The molecule has 1 N–H and O–H groups in total. The fourth-order valence-electron chi connectivity index (χ4n) is 3.94. The second-order valence-electron chi connectivity index (χ2n) is 7.93. The largest absolute Gasteiger partial charge is 0.338 e. The summed E-state index contributed by atoms with van der Waals surface area (Å²) in [6, 6.07) is 11.5. The molecule has 160 valence electrons. The standard InChI is InChI=1S/C24H25FN4O2/c1-2-23(30)27-20-9-6-17(7-10-20)24(31)29-11-3-4-16(15-29)12-22-26-14-18-5-8-19(25)13-21(18)28-22/h5-10,13-14,16H,2-4,11-12,15H2,1H3,(H,27,30)/t16-/m0/s1. The Hall–Kier alpha value is -3.35. The van der Waals surface area contributed by atoms with Crippen LogP contribution in [0.25, 0.3) is 10.9 Å². The van der Waals surface area contributed by atoms with Crippen molar-refractivity contribution >= 4 is 28.4 Å². The Morgan fingerprint density at radius 3 is 2.77 bits per heavy atom. The summed E-state index contributed by atoms with van der Waals surface area (Å²) in [5.41, 5.74) is 1.89. The molecule has 7 heteroatoms. The lowest BCUT2D eigenvalue weighted by Gasteiger charge is -2.32. The van der Waals surface area contributed by atoms with Crippen molar-refractivity contribution in [2.75, 3.05) is 18.4 Å². The Morgan fingerprint density at radius 2 is 2.00 bits per heavy atom. The Kier molecular flexibility index (Phi) is 6.21.